The Kier molecular flexibility index (Phi) is 6.27. The Bertz CT molecular complexity index is 757. The molecule has 0 radical (unpaired) electrons. The summed E-state index contributed by atoms with van der Waals surface area (Å²) in [5.74, 6) is -0.262. The topological polar surface area (TPSA) is 39.7 Å². The molecule has 1 aliphatic heterocycles. The molecule has 0 atom stereocenters. The van der Waals surface area contributed by atoms with Crippen LogP contribution in [-0.2, 0) is 0 Å². The number of halogens is 1. The lowest BCUT2D eigenvalue weighted by Crippen LogP contribution is -2.49. The molecule has 2 heterocycles. The number of pyridine rings is 1. The molecule has 1 fully saturated rings. The maximum absolute atomic E-state index is 13.1. The van der Waals surface area contributed by atoms with Crippen molar-refractivity contribution in [1.82, 2.24) is 9.88 Å². The predicted molar refractivity (Wildman–Crippen MR) is 107 cm³/mol. The van der Waals surface area contributed by atoms with Crippen molar-refractivity contribution in [2.45, 2.75) is 19.8 Å². The maximum atomic E-state index is 13.1. The van der Waals surface area contributed by atoms with Crippen LogP contribution in [-0.4, -0.2) is 55.6 Å². The van der Waals surface area contributed by atoms with Gasteiger partial charge in [-0.15, -0.1) is 0 Å². The molecule has 0 bridgehead atoms. The number of rotatable bonds is 6. The summed E-state index contributed by atoms with van der Waals surface area (Å²) >= 11 is 0. The number of anilines is 2. The summed E-state index contributed by atoms with van der Waals surface area (Å²) in [7, 11) is 2.04. The third-order valence-corrected chi connectivity index (χ3v) is 5.01. The van der Waals surface area contributed by atoms with Crippen LogP contribution in [0.5, 0.6) is 0 Å². The standard InChI is InChI=1S/C21H27FN4O/c1-3-4-11-24(2)19-9-10-23-20(16-19)21(27)26-14-12-25(13-15-26)18-7-5-17(22)6-8-18/h5-10,16H,3-4,11-15H2,1-2H3. The zero-order valence-electron chi connectivity index (χ0n) is 16.1. The van der Waals surface area contributed by atoms with Crippen molar-refractivity contribution in [2.24, 2.45) is 0 Å². The summed E-state index contributed by atoms with van der Waals surface area (Å²) in [6.07, 6.45) is 3.97. The fraction of sp³-hybridized carbons (Fsp3) is 0.429. The first-order chi connectivity index (χ1) is 13.1. The van der Waals surface area contributed by atoms with Gasteiger partial charge in [0.2, 0.25) is 0 Å². The second-order valence-corrected chi connectivity index (χ2v) is 6.93. The summed E-state index contributed by atoms with van der Waals surface area (Å²) < 4.78 is 13.1. The van der Waals surface area contributed by atoms with Crippen molar-refractivity contribution in [2.75, 3.05) is 49.6 Å². The first-order valence-electron chi connectivity index (χ1n) is 9.55. The molecule has 3 rings (SSSR count). The molecule has 0 unspecified atom stereocenters. The number of nitrogens with zero attached hydrogens (tertiary/aromatic N) is 4. The van der Waals surface area contributed by atoms with E-state index in [2.05, 4.69) is 21.7 Å². The van der Waals surface area contributed by atoms with Crippen molar-refractivity contribution in [3.05, 3.63) is 54.1 Å². The highest BCUT2D eigenvalue weighted by molar-refractivity contribution is 5.93. The Labute approximate surface area is 160 Å². The third kappa shape index (κ3) is 4.76. The minimum Gasteiger partial charge on any atom is -0.374 e. The number of benzene rings is 1. The molecular formula is C21H27FN4O. The van der Waals surface area contributed by atoms with Gasteiger partial charge in [-0.1, -0.05) is 13.3 Å². The van der Waals surface area contributed by atoms with Crippen molar-refractivity contribution >= 4 is 17.3 Å². The molecule has 0 saturated carbocycles. The number of hydrogen-bond acceptors (Lipinski definition) is 4. The van der Waals surface area contributed by atoms with Gasteiger partial charge in [0.15, 0.2) is 0 Å². The molecule has 1 aromatic heterocycles. The van der Waals surface area contributed by atoms with Gasteiger partial charge in [-0.2, -0.15) is 0 Å². The molecular weight excluding hydrogens is 343 g/mol. The van der Waals surface area contributed by atoms with Crippen molar-refractivity contribution < 1.29 is 9.18 Å². The predicted octanol–water partition coefficient (Wildman–Crippen LogP) is 3.42. The van der Waals surface area contributed by atoms with Gasteiger partial charge in [0.25, 0.3) is 5.91 Å². The molecule has 27 heavy (non-hydrogen) atoms. The lowest BCUT2D eigenvalue weighted by molar-refractivity contribution is 0.0741. The van der Waals surface area contributed by atoms with Crippen LogP contribution in [0.25, 0.3) is 0 Å². The van der Waals surface area contributed by atoms with Crippen molar-refractivity contribution in [1.29, 1.82) is 0 Å². The van der Waals surface area contributed by atoms with Crippen molar-refractivity contribution in [3.63, 3.8) is 0 Å². The number of aromatic nitrogens is 1. The first-order valence-corrected chi connectivity index (χ1v) is 9.55. The van der Waals surface area contributed by atoms with Crippen LogP contribution in [0.3, 0.4) is 0 Å². The van der Waals surface area contributed by atoms with Crippen LogP contribution in [0.4, 0.5) is 15.8 Å². The summed E-state index contributed by atoms with van der Waals surface area (Å²) in [4.78, 5) is 23.3. The first kappa shape index (κ1) is 19.1. The second kappa shape index (κ2) is 8.84. The van der Waals surface area contributed by atoms with Gasteiger partial charge in [0.05, 0.1) is 0 Å². The van der Waals surface area contributed by atoms with Crippen LogP contribution < -0.4 is 9.80 Å². The Balaban J connectivity index is 1.61. The number of carbonyl (C=O) groups excluding carboxylic acids is 1. The molecule has 1 aliphatic rings. The highest BCUT2D eigenvalue weighted by Crippen LogP contribution is 2.19. The quantitative estimate of drug-likeness (QED) is 0.781. The summed E-state index contributed by atoms with van der Waals surface area (Å²) in [6, 6.07) is 10.3. The van der Waals surface area contributed by atoms with E-state index in [1.54, 1.807) is 18.3 Å². The van der Waals surface area contributed by atoms with Crippen molar-refractivity contribution in [3.8, 4) is 0 Å². The average molecular weight is 370 g/mol. The average Bonchev–Trinajstić information content (AvgIpc) is 2.72. The zero-order valence-corrected chi connectivity index (χ0v) is 16.1. The lowest BCUT2D eigenvalue weighted by Gasteiger charge is -2.36. The van der Waals surface area contributed by atoms with E-state index in [0.29, 0.717) is 18.8 Å². The number of carbonyl (C=O) groups is 1. The van der Waals surface area contributed by atoms with Crippen LogP contribution in [0.2, 0.25) is 0 Å². The molecule has 6 heteroatoms. The SMILES string of the molecule is CCCCN(C)c1ccnc(C(=O)N2CCN(c3ccc(F)cc3)CC2)c1. The number of amides is 1. The smallest absolute Gasteiger partial charge is 0.272 e. The van der Waals surface area contributed by atoms with E-state index in [0.717, 1.165) is 43.9 Å². The summed E-state index contributed by atoms with van der Waals surface area (Å²) in [6.45, 7) is 5.86. The van der Waals surface area contributed by atoms with Gasteiger partial charge in [-0.25, -0.2) is 4.39 Å². The van der Waals surface area contributed by atoms with Crippen LogP contribution >= 0.6 is 0 Å². The fourth-order valence-electron chi connectivity index (χ4n) is 3.28. The Morgan fingerprint density at radius 2 is 1.85 bits per heavy atom. The largest absolute Gasteiger partial charge is 0.374 e. The summed E-state index contributed by atoms with van der Waals surface area (Å²) in [5.41, 5.74) is 2.50. The Morgan fingerprint density at radius 3 is 2.52 bits per heavy atom. The molecule has 1 amide bonds. The van der Waals surface area contributed by atoms with Crippen LogP contribution in [0, 0.1) is 5.82 Å². The minimum atomic E-state index is -0.234. The fourth-order valence-corrected chi connectivity index (χ4v) is 3.28. The summed E-state index contributed by atoms with van der Waals surface area (Å²) in [5, 5.41) is 0. The lowest BCUT2D eigenvalue weighted by atomic mass is 10.2. The molecule has 144 valence electrons. The van der Waals surface area contributed by atoms with E-state index in [1.165, 1.54) is 12.1 Å². The van der Waals surface area contributed by atoms with Gasteiger partial charge in [-0.05, 0) is 42.8 Å². The molecule has 1 saturated heterocycles. The minimum absolute atomic E-state index is 0.0282. The number of piperazine rings is 1. The van der Waals surface area contributed by atoms with Crippen LogP contribution in [0.15, 0.2) is 42.6 Å². The van der Waals surface area contributed by atoms with E-state index in [9.17, 15) is 9.18 Å². The number of unbranched alkanes of at least 4 members (excludes halogenated alkanes) is 1. The highest BCUT2D eigenvalue weighted by Gasteiger charge is 2.23. The van der Waals surface area contributed by atoms with Gasteiger partial charge < -0.3 is 14.7 Å². The highest BCUT2D eigenvalue weighted by atomic mass is 19.1. The van der Waals surface area contributed by atoms with Gasteiger partial charge in [0, 0.05) is 57.3 Å². The van der Waals surface area contributed by atoms with E-state index in [4.69, 9.17) is 0 Å². The normalized spacial score (nSPS) is 14.3. The van der Waals surface area contributed by atoms with E-state index in [1.807, 2.05) is 24.1 Å². The van der Waals surface area contributed by atoms with Gasteiger partial charge in [-0.3, -0.25) is 9.78 Å². The molecule has 5 nitrogen and oxygen atoms in total. The van der Waals surface area contributed by atoms with E-state index < -0.39 is 0 Å². The molecule has 0 spiro atoms. The molecule has 0 aliphatic carbocycles. The second-order valence-electron chi connectivity index (χ2n) is 6.93. The zero-order chi connectivity index (χ0) is 19.2. The Morgan fingerprint density at radius 1 is 1.15 bits per heavy atom. The van der Waals surface area contributed by atoms with Gasteiger partial charge in [0.1, 0.15) is 11.5 Å². The monoisotopic (exact) mass is 370 g/mol. The number of hydrogen-bond donors (Lipinski definition) is 0. The Hall–Kier alpha value is -2.63. The van der Waals surface area contributed by atoms with Crippen LogP contribution in [0.1, 0.15) is 30.3 Å². The van der Waals surface area contributed by atoms with Gasteiger partial charge >= 0.3 is 0 Å². The third-order valence-electron chi connectivity index (χ3n) is 5.01. The molecule has 2 aromatic rings. The molecule has 0 N–H and O–H groups in total. The van der Waals surface area contributed by atoms with E-state index in [-0.39, 0.29) is 11.7 Å². The maximum Gasteiger partial charge on any atom is 0.272 e. The van der Waals surface area contributed by atoms with E-state index >= 15 is 0 Å². The molecule has 1 aromatic carbocycles.